The first-order valence-corrected chi connectivity index (χ1v) is 9.66. The van der Waals surface area contributed by atoms with Crippen LogP contribution in [0.5, 0.6) is 11.6 Å². The molecule has 3 rings (SSSR count). The summed E-state index contributed by atoms with van der Waals surface area (Å²) in [5.41, 5.74) is 9.20. The number of aromatic nitrogens is 2. The lowest BCUT2D eigenvalue weighted by molar-refractivity contribution is 0.396. The zero-order valence-corrected chi connectivity index (χ0v) is 17.9. The van der Waals surface area contributed by atoms with Gasteiger partial charge in [0.1, 0.15) is 17.1 Å². The van der Waals surface area contributed by atoms with Crippen LogP contribution < -0.4 is 16.0 Å². The molecule has 6 nitrogen and oxygen atoms in total. The standard InChI is InChI=1S/C24H27N3O3/c1-14-26-22(28)20(23(29)27-14)17-12-16(9-6-15-7-10-18(25)11-8-15)21(30-5)19(13-17)24(2,3)4/h6-13H,25H2,1-5H3,(H2,26,27,28,29)/b9-6+. The summed E-state index contributed by atoms with van der Waals surface area (Å²) in [6, 6.07) is 11.2. The van der Waals surface area contributed by atoms with Crippen LogP contribution in [-0.4, -0.2) is 22.2 Å². The maximum Gasteiger partial charge on any atom is 0.262 e. The van der Waals surface area contributed by atoms with Crippen LogP contribution in [-0.2, 0) is 5.41 Å². The quantitative estimate of drug-likeness (QED) is 0.438. The first kappa shape index (κ1) is 21.2. The second kappa shape index (κ2) is 8.06. The summed E-state index contributed by atoms with van der Waals surface area (Å²) in [4.78, 5) is 19.3. The van der Waals surface area contributed by atoms with E-state index < -0.39 is 5.56 Å². The first-order chi connectivity index (χ1) is 14.1. The van der Waals surface area contributed by atoms with Gasteiger partial charge in [0.05, 0.1) is 7.11 Å². The lowest BCUT2D eigenvalue weighted by Crippen LogP contribution is -2.16. The fourth-order valence-electron chi connectivity index (χ4n) is 3.33. The molecule has 4 N–H and O–H groups in total. The highest BCUT2D eigenvalue weighted by atomic mass is 16.5. The normalized spacial score (nSPS) is 11.8. The third-order valence-corrected chi connectivity index (χ3v) is 4.83. The number of aromatic amines is 1. The zero-order valence-electron chi connectivity index (χ0n) is 17.9. The summed E-state index contributed by atoms with van der Waals surface area (Å²) in [7, 11) is 1.63. The summed E-state index contributed by atoms with van der Waals surface area (Å²) in [5, 5.41) is 10.4. The molecule has 0 fully saturated rings. The molecule has 1 heterocycles. The van der Waals surface area contributed by atoms with Gasteiger partial charge in [-0.05, 0) is 47.7 Å². The van der Waals surface area contributed by atoms with Crippen molar-refractivity contribution in [3.05, 3.63) is 69.3 Å². The molecule has 0 bridgehead atoms. The lowest BCUT2D eigenvalue weighted by Gasteiger charge is -2.24. The van der Waals surface area contributed by atoms with Crippen molar-refractivity contribution in [1.29, 1.82) is 0 Å². The van der Waals surface area contributed by atoms with E-state index >= 15 is 0 Å². The molecule has 30 heavy (non-hydrogen) atoms. The van der Waals surface area contributed by atoms with Crippen LogP contribution in [0.25, 0.3) is 23.3 Å². The van der Waals surface area contributed by atoms with Gasteiger partial charge in [0.25, 0.3) is 5.56 Å². The van der Waals surface area contributed by atoms with Crippen LogP contribution >= 0.6 is 0 Å². The van der Waals surface area contributed by atoms with Crippen molar-refractivity contribution in [1.82, 2.24) is 9.97 Å². The van der Waals surface area contributed by atoms with E-state index in [1.165, 1.54) is 0 Å². The number of aromatic hydroxyl groups is 1. The number of nitrogens with zero attached hydrogens (tertiary/aromatic N) is 1. The Morgan fingerprint density at radius 2 is 1.80 bits per heavy atom. The largest absolute Gasteiger partial charge is 0.496 e. The number of nitrogens with one attached hydrogen (secondary N) is 1. The highest BCUT2D eigenvalue weighted by molar-refractivity contribution is 5.80. The second-order valence-corrected chi connectivity index (χ2v) is 8.25. The third-order valence-electron chi connectivity index (χ3n) is 4.83. The number of methoxy groups -OCH3 is 1. The number of nitrogens with two attached hydrogens (primary N) is 1. The summed E-state index contributed by atoms with van der Waals surface area (Å²) in [6.07, 6.45) is 3.88. The average molecular weight is 405 g/mol. The highest BCUT2D eigenvalue weighted by Crippen LogP contribution is 2.39. The highest BCUT2D eigenvalue weighted by Gasteiger charge is 2.24. The Bertz CT molecular complexity index is 1150. The number of hydrogen-bond donors (Lipinski definition) is 3. The first-order valence-electron chi connectivity index (χ1n) is 9.66. The van der Waals surface area contributed by atoms with Gasteiger partial charge in [0.15, 0.2) is 0 Å². The van der Waals surface area contributed by atoms with Gasteiger partial charge in [-0.15, -0.1) is 0 Å². The minimum absolute atomic E-state index is 0.135. The SMILES string of the molecule is COc1c(/C=C/c2ccc(N)cc2)cc(-c2c(O)nc(C)[nH]c2=O)cc1C(C)(C)C. The van der Waals surface area contributed by atoms with E-state index in [1.807, 2.05) is 48.6 Å². The van der Waals surface area contributed by atoms with Crippen LogP contribution in [0.4, 0.5) is 5.69 Å². The molecule has 0 unspecified atom stereocenters. The Morgan fingerprint density at radius 3 is 2.37 bits per heavy atom. The number of benzene rings is 2. The number of rotatable bonds is 4. The van der Waals surface area contributed by atoms with E-state index in [0.717, 1.165) is 16.7 Å². The minimum atomic E-state index is -0.390. The van der Waals surface area contributed by atoms with Gasteiger partial charge in [0, 0.05) is 16.8 Å². The van der Waals surface area contributed by atoms with Crippen molar-refractivity contribution in [3.63, 3.8) is 0 Å². The molecule has 6 heteroatoms. The molecule has 156 valence electrons. The molecule has 0 saturated heterocycles. The van der Waals surface area contributed by atoms with Gasteiger partial charge < -0.3 is 20.6 Å². The Labute approximate surface area is 176 Å². The van der Waals surface area contributed by atoms with E-state index in [0.29, 0.717) is 22.8 Å². The molecule has 3 aromatic rings. The molecule has 1 aromatic heterocycles. The van der Waals surface area contributed by atoms with E-state index in [-0.39, 0.29) is 16.9 Å². The number of aryl methyl sites for hydroxylation is 1. The fraction of sp³-hybridized carbons (Fsp3) is 0.250. The molecule has 0 saturated carbocycles. The van der Waals surface area contributed by atoms with Gasteiger partial charge in [-0.25, -0.2) is 4.98 Å². The minimum Gasteiger partial charge on any atom is -0.496 e. The van der Waals surface area contributed by atoms with Gasteiger partial charge in [-0.2, -0.15) is 0 Å². The maximum absolute atomic E-state index is 12.6. The van der Waals surface area contributed by atoms with E-state index in [4.69, 9.17) is 10.5 Å². The molecule has 0 aliphatic heterocycles. The van der Waals surface area contributed by atoms with Crippen molar-refractivity contribution < 1.29 is 9.84 Å². The van der Waals surface area contributed by atoms with Gasteiger partial charge in [-0.1, -0.05) is 45.1 Å². The van der Waals surface area contributed by atoms with Crippen LogP contribution in [0.15, 0.2) is 41.2 Å². The predicted octanol–water partition coefficient (Wildman–Crippen LogP) is 4.51. The zero-order chi connectivity index (χ0) is 22.1. The number of ether oxygens (including phenoxy) is 1. The fourth-order valence-corrected chi connectivity index (χ4v) is 3.33. The molecule has 2 aromatic carbocycles. The Kier molecular flexibility index (Phi) is 5.69. The smallest absolute Gasteiger partial charge is 0.262 e. The molecular weight excluding hydrogens is 378 g/mol. The van der Waals surface area contributed by atoms with Crippen molar-refractivity contribution in [2.75, 3.05) is 12.8 Å². The molecule has 0 amide bonds. The van der Waals surface area contributed by atoms with E-state index in [2.05, 4.69) is 30.7 Å². The maximum atomic E-state index is 12.6. The average Bonchev–Trinajstić information content (AvgIpc) is 2.65. The predicted molar refractivity (Wildman–Crippen MR) is 122 cm³/mol. The topological polar surface area (TPSA) is 101 Å². The Hall–Kier alpha value is -3.54. The number of hydrogen-bond acceptors (Lipinski definition) is 5. The van der Waals surface area contributed by atoms with Crippen molar-refractivity contribution in [2.24, 2.45) is 0 Å². The number of H-pyrrole nitrogens is 1. The Morgan fingerprint density at radius 1 is 1.13 bits per heavy atom. The summed E-state index contributed by atoms with van der Waals surface area (Å²) >= 11 is 0. The van der Waals surface area contributed by atoms with Gasteiger partial charge >= 0.3 is 0 Å². The second-order valence-electron chi connectivity index (χ2n) is 8.25. The molecule has 0 atom stereocenters. The molecular formula is C24H27N3O3. The van der Waals surface area contributed by atoms with Crippen LogP contribution in [0.1, 0.15) is 43.3 Å². The molecule has 0 radical (unpaired) electrons. The van der Waals surface area contributed by atoms with Crippen LogP contribution in [0.2, 0.25) is 0 Å². The number of anilines is 1. The van der Waals surface area contributed by atoms with E-state index in [9.17, 15) is 9.90 Å². The lowest BCUT2D eigenvalue weighted by atomic mass is 9.83. The number of nitrogen functional groups attached to an aromatic ring is 1. The van der Waals surface area contributed by atoms with Crippen LogP contribution in [0.3, 0.4) is 0 Å². The summed E-state index contributed by atoms with van der Waals surface area (Å²) in [5.74, 6) is 0.776. The molecule has 0 aliphatic carbocycles. The Balaban J connectivity index is 2.24. The van der Waals surface area contributed by atoms with Crippen LogP contribution in [0, 0.1) is 6.92 Å². The molecule has 0 aliphatic rings. The third kappa shape index (κ3) is 4.38. The van der Waals surface area contributed by atoms with Gasteiger partial charge in [0.2, 0.25) is 5.88 Å². The van der Waals surface area contributed by atoms with Crippen molar-refractivity contribution in [3.8, 4) is 22.8 Å². The van der Waals surface area contributed by atoms with Crippen molar-refractivity contribution in [2.45, 2.75) is 33.1 Å². The summed E-state index contributed by atoms with van der Waals surface area (Å²) in [6.45, 7) is 7.83. The molecule has 0 spiro atoms. The van der Waals surface area contributed by atoms with Crippen molar-refractivity contribution >= 4 is 17.8 Å². The monoisotopic (exact) mass is 405 g/mol. The summed E-state index contributed by atoms with van der Waals surface area (Å²) < 4.78 is 5.75. The van der Waals surface area contributed by atoms with E-state index in [1.54, 1.807) is 14.0 Å². The van der Waals surface area contributed by atoms with Gasteiger partial charge in [-0.3, -0.25) is 4.79 Å².